The van der Waals surface area contributed by atoms with Gasteiger partial charge in [-0.1, -0.05) is 31.9 Å². The summed E-state index contributed by atoms with van der Waals surface area (Å²) in [6.45, 7) is 16.3. The van der Waals surface area contributed by atoms with Crippen molar-refractivity contribution in [1.29, 1.82) is 0 Å². The van der Waals surface area contributed by atoms with Gasteiger partial charge in [-0.25, -0.2) is 0 Å². The summed E-state index contributed by atoms with van der Waals surface area (Å²) in [5.74, 6) is 0. The number of nitrogens with zero attached hydrogens (tertiary/aromatic N) is 3. The molecule has 0 aliphatic carbocycles. The number of nitro benzene ring substituents is 1. The van der Waals surface area contributed by atoms with Crippen LogP contribution in [0.5, 0.6) is 0 Å². The molecule has 0 atom stereocenters. The van der Waals surface area contributed by atoms with Gasteiger partial charge in [0, 0.05) is 57.8 Å². The summed E-state index contributed by atoms with van der Waals surface area (Å²) >= 11 is 6.97. The van der Waals surface area contributed by atoms with E-state index < -0.39 is 4.92 Å². The Bertz CT molecular complexity index is 1140. The standard InChI is InChI=1S/C12H16BrN3O2.C12H18BrN3/c1-12(2,3)15-5-7-8(6-15)11(14)10(16(17)18)4-9(7)13;1-12(2,3)16-5-7-8(6-16)11(15)10(14)4-9(7)13/h4H,5-6,14H2,1-3H3;4H,5-6,14-15H2,1-3H3. The number of halogens is 2. The molecule has 0 bridgehead atoms. The molecule has 2 aromatic rings. The highest BCUT2D eigenvalue weighted by Crippen LogP contribution is 2.41. The molecular formula is C24H34Br2N6O2. The third kappa shape index (κ3) is 5.19. The van der Waals surface area contributed by atoms with Gasteiger partial charge < -0.3 is 17.2 Å². The molecule has 0 saturated heterocycles. The second-order valence-corrected chi connectivity index (χ2v) is 12.6. The van der Waals surface area contributed by atoms with Crippen LogP contribution in [0.15, 0.2) is 21.1 Å². The number of fused-ring (bicyclic) bond motifs is 2. The van der Waals surface area contributed by atoms with Gasteiger partial charge in [0.1, 0.15) is 5.69 Å². The van der Waals surface area contributed by atoms with Crippen molar-refractivity contribution in [2.75, 3.05) is 17.2 Å². The summed E-state index contributed by atoms with van der Waals surface area (Å²) in [6.07, 6.45) is 0. The van der Waals surface area contributed by atoms with Crippen LogP contribution in [0.1, 0.15) is 63.8 Å². The quantitative estimate of drug-likeness (QED) is 0.216. The average molecular weight is 598 g/mol. The first-order chi connectivity index (χ1) is 15.5. The summed E-state index contributed by atoms with van der Waals surface area (Å²) in [7, 11) is 0. The zero-order chi connectivity index (χ0) is 25.7. The lowest BCUT2D eigenvalue weighted by Gasteiger charge is -2.31. The average Bonchev–Trinajstić information content (AvgIpc) is 3.34. The van der Waals surface area contributed by atoms with E-state index >= 15 is 0 Å². The third-order valence-electron chi connectivity index (χ3n) is 6.58. The Hall–Kier alpha value is -1.88. The Morgan fingerprint density at radius 2 is 1.15 bits per heavy atom. The van der Waals surface area contributed by atoms with Gasteiger partial charge >= 0.3 is 0 Å². The van der Waals surface area contributed by atoms with Crippen molar-refractivity contribution in [2.24, 2.45) is 0 Å². The first-order valence-corrected chi connectivity index (χ1v) is 12.7. The maximum atomic E-state index is 10.9. The summed E-state index contributed by atoms with van der Waals surface area (Å²) in [4.78, 5) is 15.2. The van der Waals surface area contributed by atoms with E-state index in [-0.39, 0.29) is 16.8 Å². The van der Waals surface area contributed by atoms with E-state index in [2.05, 4.69) is 83.2 Å². The molecular weight excluding hydrogens is 564 g/mol. The number of hydrogen-bond donors (Lipinski definition) is 3. The molecule has 186 valence electrons. The van der Waals surface area contributed by atoms with Crippen LogP contribution in [0.25, 0.3) is 0 Å². The molecule has 2 aliphatic heterocycles. The minimum Gasteiger partial charge on any atom is -0.397 e. The summed E-state index contributed by atoms with van der Waals surface area (Å²) < 4.78 is 1.84. The molecule has 10 heteroatoms. The fourth-order valence-electron chi connectivity index (χ4n) is 4.21. The van der Waals surface area contributed by atoms with Gasteiger partial charge in [0.25, 0.3) is 5.69 Å². The highest BCUT2D eigenvalue weighted by atomic mass is 79.9. The molecule has 2 aliphatic rings. The van der Waals surface area contributed by atoms with Crippen molar-refractivity contribution >= 4 is 54.6 Å². The topological polar surface area (TPSA) is 128 Å². The van der Waals surface area contributed by atoms with Crippen LogP contribution in [0.2, 0.25) is 0 Å². The van der Waals surface area contributed by atoms with Crippen molar-refractivity contribution in [1.82, 2.24) is 9.80 Å². The molecule has 0 amide bonds. The largest absolute Gasteiger partial charge is 0.397 e. The minimum absolute atomic E-state index is 0.0136. The molecule has 6 N–H and O–H groups in total. The van der Waals surface area contributed by atoms with Crippen LogP contribution in [-0.4, -0.2) is 25.8 Å². The highest BCUT2D eigenvalue weighted by Gasteiger charge is 2.34. The number of nitro groups is 1. The number of benzene rings is 2. The first kappa shape index (κ1) is 26.7. The van der Waals surface area contributed by atoms with Crippen LogP contribution in [0.3, 0.4) is 0 Å². The van der Waals surface area contributed by atoms with Gasteiger partial charge in [-0.15, -0.1) is 0 Å². The molecule has 2 heterocycles. The highest BCUT2D eigenvalue weighted by molar-refractivity contribution is 9.10. The fraction of sp³-hybridized carbons (Fsp3) is 0.500. The Kier molecular flexibility index (Phi) is 7.30. The van der Waals surface area contributed by atoms with Crippen molar-refractivity contribution in [3.05, 3.63) is 53.4 Å². The van der Waals surface area contributed by atoms with Gasteiger partial charge in [-0.3, -0.25) is 19.9 Å². The van der Waals surface area contributed by atoms with E-state index in [0.29, 0.717) is 17.9 Å². The number of anilines is 3. The van der Waals surface area contributed by atoms with Gasteiger partial charge in [0.2, 0.25) is 0 Å². The lowest BCUT2D eigenvalue weighted by atomic mass is 10.1. The Balaban J connectivity index is 0.000000192. The van der Waals surface area contributed by atoms with Gasteiger partial charge in [0.15, 0.2) is 0 Å². The van der Waals surface area contributed by atoms with Gasteiger partial charge in [0.05, 0.1) is 16.3 Å². The van der Waals surface area contributed by atoms with E-state index in [1.54, 1.807) is 0 Å². The smallest absolute Gasteiger partial charge is 0.293 e. The lowest BCUT2D eigenvalue weighted by molar-refractivity contribution is -0.384. The third-order valence-corrected chi connectivity index (χ3v) is 7.99. The predicted molar refractivity (Wildman–Crippen MR) is 146 cm³/mol. The van der Waals surface area contributed by atoms with Gasteiger partial charge in [-0.05, 0) is 64.3 Å². The molecule has 0 spiro atoms. The molecule has 0 unspecified atom stereocenters. The lowest BCUT2D eigenvalue weighted by Crippen LogP contribution is -2.36. The Labute approximate surface area is 218 Å². The van der Waals surface area contributed by atoms with Crippen LogP contribution in [0, 0.1) is 10.1 Å². The number of nitrogen functional groups attached to an aromatic ring is 3. The van der Waals surface area contributed by atoms with E-state index in [4.69, 9.17) is 17.2 Å². The van der Waals surface area contributed by atoms with E-state index in [1.807, 2.05) is 6.07 Å². The van der Waals surface area contributed by atoms with Crippen molar-refractivity contribution < 1.29 is 4.92 Å². The predicted octanol–water partition coefficient (Wildman–Crippen LogP) is 5.78. The monoisotopic (exact) mass is 596 g/mol. The van der Waals surface area contributed by atoms with E-state index in [0.717, 1.165) is 45.4 Å². The van der Waals surface area contributed by atoms with Crippen LogP contribution in [-0.2, 0) is 26.2 Å². The summed E-state index contributed by atoms with van der Waals surface area (Å²) in [5.41, 5.74) is 24.1. The molecule has 4 rings (SSSR count). The normalized spacial score (nSPS) is 16.1. The van der Waals surface area contributed by atoms with Crippen LogP contribution >= 0.6 is 31.9 Å². The molecule has 8 nitrogen and oxygen atoms in total. The SMILES string of the molecule is CC(C)(C)N1Cc2c(Br)cc(N)c(N)c2C1.CC(C)(C)N1Cc2c(Br)cc([N+](=O)[O-])c(N)c2C1. The second kappa shape index (κ2) is 9.29. The maximum Gasteiger partial charge on any atom is 0.293 e. The number of rotatable bonds is 1. The summed E-state index contributed by atoms with van der Waals surface area (Å²) in [5, 5.41) is 10.9. The molecule has 34 heavy (non-hydrogen) atoms. The first-order valence-electron chi connectivity index (χ1n) is 11.1. The zero-order valence-electron chi connectivity index (χ0n) is 20.6. The number of hydrogen-bond acceptors (Lipinski definition) is 7. The molecule has 0 fully saturated rings. The second-order valence-electron chi connectivity index (χ2n) is 10.9. The number of nitrogens with two attached hydrogens (primary N) is 3. The van der Waals surface area contributed by atoms with Crippen molar-refractivity contribution in [3.63, 3.8) is 0 Å². The zero-order valence-corrected chi connectivity index (χ0v) is 23.8. The Morgan fingerprint density at radius 1 is 0.765 bits per heavy atom. The summed E-state index contributed by atoms with van der Waals surface area (Å²) in [6, 6.07) is 3.40. The van der Waals surface area contributed by atoms with E-state index in [9.17, 15) is 10.1 Å². The van der Waals surface area contributed by atoms with Crippen molar-refractivity contribution in [2.45, 2.75) is 78.8 Å². The maximum absolute atomic E-state index is 10.9. The molecule has 2 aromatic carbocycles. The van der Waals surface area contributed by atoms with Crippen LogP contribution in [0.4, 0.5) is 22.7 Å². The fourth-order valence-corrected chi connectivity index (χ4v) is 5.40. The van der Waals surface area contributed by atoms with E-state index in [1.165, 1.54) is 17.2 Å². The molecule has 0 radical (unpaired) electrons. The van der Waals surface area contributed by atoms with Crippen LogP contribution < -0.4 is 17.2 Å². The minimum atomic E-state index is -0.430. The Morgan fingerprint density at radius 3 is 1.56 bits per heavy atom. The van der Waals surface area contributed by atoms with Gasteiger partial charge in [-0.2, -0.15) is 0 Å². The van der Waals surface area contributed by atoms with Crippen molar-refractivity contribution in [3.8, 4) is 0 Å². The molecule has 0 saturated carbocycles. The molecule has 0 aromatic heterocycles.